The highest BCUT2D eigenvalue weighted by Crippen LogP contribution is 2.38. The third-order valence-corrected chi connectivity index (χ3v) is 4.59. The number of aryl methyl sites for hydroxylation is 1. The number of anilines is 1. The van der Waals surface area contributed by atoms with E-state index in [4.69, 9.17) is 5.11 Å². The highest BCUT2D eigenvalue weighted by molar-refractivity contribution is 6.02. The summed E-state index contributed by atoms with van der Waals surface area (Å²) in [7, 11) is 0. The van der Waals surface area contributed by atoms with Gasteiger partial charge in [0.05, 0.1) is 17.5 Å². The number of hydrogen-bond donors (Lipinski definition) is 2. The van der Waals surface area contributed by atoms with Gasteiger partial charge in [0, 0.05) is 18.5 Å². The lowest BCUT2D eigenvalue weighted by molar-refractivity contribution is -0.187. The van der Waals surface area contributed by atoms with Crippen LogP contribution in [0.5, 0.6) is 0 Å². The number of carbonyl (C=O) groups excluding carboxylic acids is 1. The molecule has 0 saturated carbocycles. The molecule has 5 nitrogen and oxygen atoms in total. The zero-order chi connectivity index (χ0) is 19.1. The predicted octanol–water partition coefficient (Wildman–Crippen LogP) is 3.88. The molecule has 26 heavy (non-hydrogen) atoms. The summed E-state index contributed by atoms with van der Waals surface area (Å²) >= 11 is 0. The average molecular weight is 366 g/mol. The van der Waals surface area contributed by atoms with Crippen LogP contribution in [0.25, 0.3) is 10.8 Å². The van der Waals surface area contributed by atoms with E-state index in [1.54, 1.807) is 18.2 Å². The molecule has 0 radical (unpaired) electrons. The summed E-state index contributed by atoms with van der Waals surface area (Å²) in [5.41, 5.74) is 1.37. The van der Waals surface area contributed by atoms with Crippen LogP contribution in [0.3, 0.4) is 0 Å². The number of amides is 2. The number of hydrogen-bond acceptors (Lipinski definition) is 2. The van der Waals surface area contributed by atoms with Gasteiger partial charge in [-0.15, -0.1) is 0 Å². The van der Waals surface area contributed by atoms with Crippen molar-refractivity contribution in [3.05, 3.63) is 42.0 Å². The minimum absolute atomic E-state index is 0.477. The standard InChI is InChI=1S/C18H17F3N2O3/c1-10-6-11-4-2-3-5-12(11)15(7-10)22-17(26)23-8-13(16(24)25)14(9-23)18(19,20)21/h2-7,13-14H,8-9H2,1H3,(H,22,26)(H,24,25)/t13-,14-/m1/s1. The Bertz CT molecular complexity index is 866. The second kappa shape index (κ2) is 6.51. The van der Waals surface area contributed by atoms with E-state index in [0.717, 1.165) is 21.2 Å². The van der Waals surface area contributed by atoms with Crippen LogP contribution >= 0.6 is 0 Å². The van der Waals surface area contributed by atoms with Gasteiger partial charge in [-0.2, -0.15) is 13.2 Å². The summed E-state index contributed by atoms with van der Waals surface area (Å²) in [6, 6.07) is 10.2. The fourth-order valence-electron chi connectivity index (χ4n) is 3.31. The molecule has 3 rings (SSSR count). The number of fused-ring (bicyclic) bond motifs is 1. The molecule has 1 saturated heterocycles. The number of carboxylic acids is 1. The molecule has 2 aromatic rings. The van der Waals surface area contributed by atoms with Gasteiger partial charge >= 0.3 is 18.2 Å². The van der Waals surface area contributed by atoms with Crippen LogP contribution in [0.4, 0.5) is 23.7 Å². The number of halogens is 3. The zero-order valence-corrected chi connectivity index (χ0v) is 13.9. The van der Waals surface area contributed by atoms with Crippen LogP contribution < -0.4 is 5.32 Å². The van der Waals surface area contributed by atoms with Crippen LogP contribution in [0.1, 0.15) is 5.56 Å². The molecule has 1 aliphatic heterocycles. The maximum absolute atomic E-state index is 13.1. The monoisotopic (exact) mass is 366 g/mol. The van der Waals surface area contributed by atoms with Gasteiger partial charge in [0.2, 0.25) is 0 Å². The first kappa shape index (κ1) is 18.0. The highest BCUT2D eigenvalue weighted by atomic mass is 19.4. The van der Waals surface area contributed by atoms with Gasteiger partial charge in [-0.3, -0.25) is 4.79 Å². The van der Waals surface area contributed by atoms with Gasteiger partial charge < -0.3 is 15.3 Å². The molecule has 1 heterocycles. The molecule has 2 amide bonds. The van der Waals surface area contributed by atoms with E-state index in [0.29, 0.717) is 5.69 Å². The van der Waals surface area contributed by atoms with E-state index in [9.17, 15) is 22.8 Å². The number of likely N-dealkylation sites (tertiary alicyclic amines) is 1. The number of nitrogens with one attached hydrogen (secondary N) is 1. The summed E-state index contributed by atoms with van der Waals surface area (Å²) < 4.78 is 39.2. The second-order valence-electron chi connectivity index (χ2n) is 6.46. The highest BCUT2D eigenvalue weighted by Gasteiger charge is 2.53. The molecule has 1 fully saturated rings. The Balaban J connectivity index is 1.84. The fraction of sp³-hybridized carbons (Fsp3) is 0.333. The molecule has 0 bridgehead atoms. The lowest BCUT2D eigenvalue weighted by atomic mass is 9.96. The van der Waals surface area contributed by atoms with Crippen molar-refractivity contribution >= 4 is 28.5 Å². The Labute approximate surface area is 147 Å². The van der Waals surface area contributed by atoms with Crippen molar-refractivity contribution in [1.29, 1.82) is 0 Å². The second-order valence-corrected chi connectivity index (χ2v) is 6.46. The number of rotatable bonds is 2. The van der Waals surface area contributed by atoms with Gasteiger partial charge in [0.1, 0.15) is 0 Å². The first-order valence-corrected chi connectivity index (χ1v) is 8.01. The third-order valence-electron chi connectivity index (χ3n) is 4.59. The van der Waals surface area contributed by atoms with E-state index >= 15 is 0 Å². The quantitative estimate of drug-likeness (QED) is 0.848. The summed E-state index contributed by atoms with van der Waals surface area (Å²) in [6.45, 7) is 0.698. The van der Waals surface area contributed by atoms with E-state index in [-0.39, 0.29) is 0 Å². The zero-order valence-electron chi connectivity index (χ0n) is 13.9. The van der Waals surface area contributed by atoms with Crippen molar-refractivity contribution in [2.45, 2.75) is 13.1 Å². The number of nitrogens with zero attached hydrogens (tertiary/aromatic N) is 1. The van der Waals surface area contributed by atoms with Crippen LogP contribution in [0.2, 0.25) is 0 Å². The van der Waals surface area contributed by atoms with Crippen LogP contribution in [-0.4, -0.2) is 41.3 Å². The van der Waals surface area contributed by atoms with E-state index < -0.39 is 43.1 Å². The molecule has 138 valence electrons. The molecule has 0 unspecified atom stereocenters. The number of aliphatic carboxylic acids is 1. The van der Waals surface area contributed by atoms with Crippen LogP contribution in [0, 0.1) is 18.8 Å². The minimum atomic E-state index is -4.67. The van der Waals surface area contributed by atoms with Gasteiger partial charge in [0.25, 0.3) is 0 Å². The summed E-state index contributed by atoms with van der Waals surface area (Å²) in [5.74, 6) is -5.28. The van der Waals surface area contributed by atoms with Crippen molar-refractivity contribution in [3.63, 3.8) is 0 Å². The van der Waals surface area contributed by atoms with Gasteiger partial charge in [-0.05, 0) is 23.9 Å². The normalized spacial score (nSPS) is 20.4. The Kier molecular flexibility index (Phi) is 4.52. The van der Waals surface area contributed by atoms with Crippen LogP contribution in [0.15, 0.2) is 36.4 Å². The van der Waals surface area contributed by atoms with Crippen molar-refractivity contribution in [3.8, 4) is 0 Å². The first-order chi connectivity index (χ1) is 12.2. The van der Waals surface area contributed by atoms with E-state index in [1.807, 2.05) is 25.1 Å². The lowest BCUT2D eigenvalue weighted by Crippen LogP contribution is -2.35. The molecule has 1 aliphatic rings. The van der Waals surface area contributed by atoms with Gasteiger partial charge in [-0.25, -0.2) is 4.79 Å². The number of alkyl halides is 3. The Morgan fingerprint density at radius 2 is 1.88 bits per heavy atom. The smallest absolute Gasteiger partial charge is 0.394 e. The summed E-state index contributed by atoms with van der Waals surface area (Å²) in [6.07, 6.45) is -4.67. The Morgan fingerprint density at radius 3 is 2.50 bits per heavy atom. The predicted molar refractivity (Wildman–Crippen MR) is 89.9 cm³/mol. The molecule has 2 aromatic carbocycles. The summed E-state index contributed by atoms with van der Waals surface area (Å²) in [4.78, 5) is 24.5. The molecular formula is C18H17F3N2O3. The molecular weight excluding hydrogens is 349 g/mol. The molecule has 0 aliphatic carbocycles. The van der Waals surface area contributed by atoms with Gasteiger partial charge in [-0.1, -0.05) is 30.3 Å². The van der Waals surface area contributed by atoms with Crippen molar-refractivity contribution in [2.24, 2.45) is 11.8 Å². The summed E-state index contributed by atoms with van der Waals surface area (Å²) in [5, 5.41) is 13.3. The SMILES string of the molecule is Cc1cc(NC(=O)N2C[C@@H](C(F)(F)F)[C@H](C(=O)O)C2)c2ccccc2c1. The molecule has 8 heteroatoms. The minimum Gasteiger partial charge on any atom is -0.481 e. The molecule has 0 aromatic heterocycles. The maximum Gasteiger partial charge on any atom is 0.394 e. The topological polar surface area (TPSA) is 69.6 Å². The van der Waals surface area contributed by atoms with Crippen molar-refractivity contribution < 1.29 is 27.9 Å². The number of carbonyl (C=O) groups is 2. The first-order valence-electron chi connectivity index (χ1n) is 8.01. The molecule has 2 atom stereocenters. The number of benzene rings is 2. The van der Waals surface area contributed by atoms with Crippen LogP contribution in [-0.2, 0) is 4.79 Å². The average Bonchev–Trinajstić information content (AvgIpc) is 3.00. The fourth-order valence-corrected chi connectivity index (χ4v) is 3.31. The largest absolute Gasteiger partial charge is 0.481 e. The Morgan fingerprint density at radius 1 is 1.19 bits per heavy atom. The lowest BCUT2D eigenvalue weighted by Gasteiger charge is -2.19. The van der Waals surface area contributed by atoms with E-state index in [1.165, 1.54) is 0 Å². The maximum atomic E-state index is 13.1. The molecule has 2 N–H and O–H groups in total. The third kappa shape index (κ3) is 3.44. The van der Waals surface area contributed by atoms with Crippen molar-refractivity contribution in [2.75, 3.05) is 18.4 Å². The molecule has 0 spiro atoms. The number of urea groups is 1. The van der Waals surface area contributed by atoms with E-state index in [2.05, 4.69) is 5.32 Å². The number of carboxylic acid groups (broad SMARTS) is 1. The van der Waals surface area contributed by atoms with Crippen molar-refractivity contribution in [1.82, 2.24) is 4.90 Å². The Hall–Kier alpha value is -2.77. The van der Waals surface area contributed by atoms with Gasteiger partial charge in [0.15, 0.2) is 0 Å².